The van der Waals surface area contributed by atoms with Gasteiger partial charge in [-0.3, -0.25) is 0 Å². The van der Waals surface area contributed by atoms with Crippen LogP contribution in [0.3, 0.4) is 0 Å². The zero-order valence-corrected chi connectivity index (χ0v) is 15.9. The van der Waals surface area contributed by atoms with Crippen molar-refractivity contribution in [3.63, 3.8) is 0 Å². The molecule has 2 heterocycles. The van der Waals surface area contributed by atoms with Crippen LogP contribution in [0.1, 0.15) is 30.9 Å². The number of carbonyl (C=O) groups is 1. The number of fused-ring (bicyclic) bond motifs is 1. The molecule has 3 aromatic rings. The summed E-state index contributed by atoms with van der Waals surface area (Å²) in [7, 11) is 0. The van der Waals surface area contributed by atoms with E-state index in [2.05, 4.69) is 10.2 Å². The maximum Gasteiger partial charge on any atom is 0.331 e. The molecule has 0 unspecified atom stereocenters. The van der Waals surface area contributed by atoms with E-state index >= 15 is 0 Å². The van der Waals surface area contributed by atoms with Crippen molar-refractivity contribution in [2.45, 2.75) is 19.4 Å². The number of hydrogen-bond donors (Lipinski definition) is 0. The van der Waals surface area contributed by atoms with Gasteiger partial charge in [-0.1, -0.05) is 24.3 Å². The number of hydrogen-bond acceptors (Lipinski definition) is 7. The van der Waals surface area contributed by atoms with Gasteiger partial charge in [0.15, 0.2) is 17.6 Å². The first-order valence-electron chi connectivity index (χ1n) is 9.36. The minimum atomic E-state index is -0.666. The van der Waals surface area contributed by atoms with Gasteiger partial charge in [0.05, 0.1) is 13.2 Å². The Labute approximate surface area is 167 Å². The van der Waals surface area contributed by atoms with Crippen molar-refractivity contribution in [3.05, 3.63) is 66.1 Å². The van der Waals surface area contributed by atoms with E-state index in [1.54, 1.807) is 13.0 Å². The maximum atomic E-state index is 12.2. The lowest BCUT2D eigenvalue weighted by Gasteiger charge is -2.08. The van der Waals surface area contributed by atoms with Gasteiger partial charge in [-0.05, 0) is 42.8 Å². The van der Waals surface area contributed by atoms with Crippen LogP contribution in [0.5, 0.6) is 11.5 Å². The van der Waals surface area contributed by atoms with Crippen molar-refractivity contribution in [1.29, 1.82) is 0 Å². The Hall–Kier alpha value is -3.61. The summed E-state index contributed by atoms with van der Waals surface area (Å²) >= 11 is 0. The van der Waals surface area contributed by atoms with Crippen LogP contribution >= 0.6 is 0 Å². The summed E-state index contributed by atoms with van der Waals surface area (Å²) in [4.78, 5) is 12.2. The molecule has 1 aliphatic rings. The zero-order chi connectivity index (χ0) is 20.1. The van der Waals surface area contributed by atoms with Crippen molar-refractivity contribution >= 4 is 12.0 Å². The standard InChI is InChI=1S/C22H20N2O5/c1-15(21-23-24-22(29-21)17-6-3-2-4-7-17)28-20(25)11-9-16-8-10-18-19(14-16)27-13-5-12-26-18/h2-4,6-11,14-15H,5,12-13H2,1H3/b11-9+/t15-/m1/s1. The molecule has 7 heteroatoms. The molecule has 1 aromatic heterocycles. The number of ether oxygens (including phenoxy) is 3. The second-order valence-electron chi connectivity index (χ2n) is 6.48. The highest BCUT2D eigenvalue weighted by Gasteiger charge is 2.18. The second kappa shape index (κ2) is 8.60. The third-order valence-electron chi connectivity index (χ3n) is 4.29. The molecule has 0 fully saturated rings. The third kappa shape index (κ3) is 4.63. The Kier molecular flexibility index (Phi) is 5.56. The van der Waals surface area contributed by atoms with Gasteiger partial charge in [0.2, 0.25) is 5.89 Å². The lowest BCUT2D eigenvalue weighted by atomic mass is 10.2. The van der Waals surface area contributed by atoms with E-state index in [-0.39, 0.29) is 5.89 Å². The molecule has 1 atom stereocenters. The first-order chi connectivity index (χ1) is 14.2. The Morgan fingerprint density at radius 3 is 2.69 bits per heavy atom. The van der Waals surface area contributed by atoms with E-state index in [1.807, 2.05) is 48.5 Å². The molecule has 29 heavy (non-hydrogen) atoms. The molecule has 0 radical (unpaired) electrons. The fourth-order valence-corrected chi connectivity index (χ4v) is 2.81. The molecule has 0 saturated heterocycles. The van der Waals surface area contributed by atoms with Crippen LogP contribution in [-0.2, 0) is 9.53 Å². The van der Waals surface area contributed by atoms with E-state index in [0.717, 1.165) is 17.5 Å². The first-order valence-corrected chi connectivity index (χ1v) is 9.36. The summed E-state index contributed by atoms with van der Waals surface area (Å²) < 4.78 is 22.2. The van der Waals surface area contributed by atoms with Crippen LogP contribution in [0.15, 0.2) is 59.0 Å². The lowest BCUT2D eigenvalue weighted by Crippen LogP contribution is -2.06. The molecule has 148 valence electrons. The highest BCUT2D eigenvalue weighted by Crippen LogP contribution is 2.31. The maximum absolute atomic E-state index is 12.2. The number of benzene rings is 2. The largest absolute Gasteiger partial charge is 0.490 e. The molecule has 0 aliphatic carbocycles. The van der Waals surface area contributed by atoms with E-state index in [1.165, 1.54) is 6.08 Å². The Morgan fingerprint density at radius 1 is 1.07 bits per heavy atom. The van der Waals surface area contributed by atoms with Gasteiger partial charge >= 0.3 is 5.97 Å². The van der Waals surface area contributed by atoms with Crippen molar-refractivity contribution in [1.82, 2.24) is 10.2 Å². The fraction of sp³-hybridized carbons (Fsp3) is 0.227. The quantitative estimate of drug-likeness (QED) is 0.475. The second-order valence-corrected chi connectivity index (χ2v) is 6.48. The Balaban J connectivity index is 1.38. The molecule has 0 amide bonds. The smallest absolute Gasteiger partial charge is 0.331 e. The molecule has 4 rings (SSSR count). The molecule has 1 aliphatic heterocycles. The van der Waals surface area contributed by atoms with Gasteiger partial charge in [-0.15, -0.1) is 10.2 Å². The van der Waals surface area contributed by atoms with Crippen molar-refractivity contribution in [3.8, 4) is 23.0 Å². The monoisotopic (exact) mass is 392 g/mol. The van der Waals surface area contributed by atoms with Crippen LogP contribution in [0.25, 0.3) is 17.5 Å². The number of aromatic nitrogens is 2. The van der Waals surface area contributed by atoms with Gasteiger partial charge < -0.3 is 18.6 Å². The Morgan fingerprint density at radius 2 is 1.86 bits per heavy atom. The van der Waals surface area contributed by atoms with Crippen LogP contribution in [-0.4, -0.2) is 29.4 Å². The van der Waals surface area contributed by atoms with Crippen molar-refractivity contribution < 1.29 is 23.4 Å². The summed E-state index contributed by atoms with van der Waals surface area (Å²) in [6.45, 7) is 2.92. The summed E-state index contributed by atoms with van der Waals surface area (Å²) in [6.07, 6.45) is 3.18. The minimum Gasteiger partial charge on any atom is -0.490 e. The SMILES string of the molecule is C[C@@H](OC(=O)/C=C/c1ccc2c(c1)OCCCO2)c1nnc(-c2ccccc2)o1. The zero-order valence-electron chi connectivity index (χ0n) is 15.9. The van der Waals surface area contributed by atoms with Gasteiger partial charge in [-0.25, -0.2) is 4.79 Å². The number of nitrogens with zero attached hydrogens (tertiary/aromatic N) is 2. The van der Waals surface area contributed by atoms with Crippen LogP contribution in [0.2, 0.25) is 0 Å². The lowest BCUT2D eigenvalue weighted by molar-refractivity contribution is -0.143. The molecule has 0 saturated carbocycles. The molecule has 0 N–H and O–H groups in total. The van der Waals surface area contributed by atoms with Gasteiger partial charge in [0.1, 0.15) is 0 Å². The van der Waals surface area contributed by atoms with Crippen molar-refractivity contribution in [2.24, 2.45) is 0 Å². The van der Waals surface area contributed by atoms with Crippen LogP contribution < -0.4 is 9.47 Å². The van der Waals surface area contributed by atoms with Gasteiger partial charge in [-0.2, -0.15) is 0 Å². The van der Waals surface area contributed by atoms with Gasteiger partial charge in [0.25, 0.3) is 5.89 Å². The normalized spacial score (nSPS) is 14.4. The highest BCUT2D eigenvalue weighted by atomic mass is 16.6. The number of esters is 1. The predicted molar refractivity (Wildman–Crippen MR) is 105 cm³/mol. The predicted octanol–water partition coefficient (Wildman–Crippen LogP) is 4.22. The molecule has 7 nitrogen and oxygen atoms in total. The molecule has 0 bridgehead atoms. The summed E-state index contributed by atoms with van der Waals surface area (Å²) in [5, 5.41) is 7.98. The summed E-state index contributed by atoms with van der Waals surface area (Å²) in [5.74, 6) is 1.49. The van der Waals surface area contributed by atoms with Crippen LogP contribution in [0.4, 0.5) is 0 Å². The topological polar surface area (TPSA) is 83.7 Å². The van der Waals surface area contributed by atoms with E-state index < -0.39 is 12.1 Å². The molecule has 2 aromatic carbocycles. The summed E-state index contributed by atoms with van der Waals surface area (Å²) in [6, 6.07) is 14.9. The number of carbonyl (C=O) groups excluding carboxylic acids is 1. The molecule has 0 spiro atoms. The average Bonchev–Trinajstić information content (AvgIpc) is 3.13. The minimum absolute atomic E-state index is 0.237. The Bertz CT molecular complexity index is 1010. The highest BCUT2D eigenvalue weighted by molar-refractivity contribution is 5.87. The van der Waals surface area contributed by atoms with E-state index in [0.29, 0.717) is 30.6 Å². The third-order valence-corrected chi connectivity index (χ3v) is 4.29. The van der Waals surface area contributed by atoms with E-state index in [4.69, 9.17) is 18.6 Å². The average molecular weight is 392 g/mol. The first kappa shape index (κ1) is 18.7. The number of rotatable bonds is 5. The molecular formula is C22H20N2O5. The van der Waals surface area contributed by atoms with Crippen LogP contribution in [0, 0.1) is 0 Å². The molecular weight excluding hydrogens is 372 g/mol. The fourth-order valence-electron chi connectivity index (χ4n) is 2.81. The van der Waals surface area contributed by atoms with E-state index in [9.17, 15) is 4.79 Å². The summed E-state index contributed by atoms with van der Waals surface area (Å²) in [5.41, 5.74) is 1.61. The van der Waals surface area contributed by atoms with Crippen molar-refractivity contribution in [2.75, 3.05) is 13.2 Å². The van der Waals surface area contributed by atoms with Gasteiger partial charge in [0, 0.05) is 18.1 Å².